The third-order valence-corrected chi connectivity index (χ3v) is 7.02. The Bertz CT molecular complexity index is 644. The first-order chi connectivity index (χ1) is 11.2. The number of rotatable bonds is 5. The first kappa shape index (κ1) is 15.6. The highest BCUT2D eigenvalue weighted by Crippen LogP contribution is 2.37. The maximum atomic E-state index is 12.9. The number of nitrogens with zero attached hydrogens (tertiary/aromatic N) is 1. The first-order valence-corrected chi connectivity index (χ1v) is 9.90. The van der Waals surface area contributed by atoms with Gasteiger partial charge in [0, 0.05) is 13.2 Å². The Hall–Kier alpha value is -0.950. The summed E-state index contributed by atoms with van der Waals surface area (Å²) in [6.07, 6.45) is 4.12. The Balaban J connectivity index is 1.51. The van der Waals surface area contributed by atoms with E-state index in [1.165, 1.54) is 12.8 Å². The maximum Gasteiger partial charge on any atom is 0.243 e. The summed E-state index contributed by atoms with van der Waals surface area (Å²) in [5.41, 5.74) is 0. The summed E-state index contributed by atoms with van der Waals surface area (Å²) in [5, 5.41) is 0. The predicted molar refractivity (Wildman–Crippen MR) is 85.6 cm³/mol. The average Bonchev–Trinajstić information content (AvgIpc) is 3.32. The summed E-state index contributed by atoms with van der Waals surface area (Å²) in [6.45, 7) is 1.66. The van der Waals surface area contributed by atoms with Gasteiger partial charge in [0.2, 0.25) is 10.0 Å². The molecule has 0 radical (unpaired) electrons. The van der Waals surface area contributed by atoms with Gasteiger partial charge in [0.25, 0.3) is 0 Å². The quantitative estimate of drug-likeness (QED) is 0.825. The van der Waals surface area contributed by atoms with Crippen LogP contribution in [0.5, 0.6) is 0 Å². The predicted octanol–water partition coefficient (Wildman–Crippen LogP) is 2.03. The van der Waals surface area contributed by atoms with E-state index in [0.29, 0.717) is 24.0 Å². The van der Waals surface area contributed by atoms with Crippen molar-refractivity contribution in [1.82, 2.24) is 4.31 Å². The molecule has 3 aliphatic rings. The topological polar surface area (TPSA) is 55.8 Å². The van der Waals surface area contributed by atoms with Gasteiger partial charge in [-0.15, -0.1) is 0 Å². The van der Waals surface area contributed by atoms with Crippen LogP contribution in [0.4, 0.5) is 0 Å². The highest BCUT2D eigenvalue weighted by molar-refractivity contribution is 7.89. The standard InChI is InChI=1S/C17H23NO4S/c19-23(20,14-4-2-1-3-5-14)18-10-11-21-17-15(18)8-9-16(17)22-12-13-6-7-13/h1-5,13,15-17H,6-12H2/t15-,16-,17+/m0/s1. The Kier molecular flexibility index (Phi) is 4.17. The van der Waals surface area contributed by atoms with Gasteiger partial charge in [-0.2, -0.15) is 4.31 Å². The van der Waals surface area contributed by atoms with Gasteiger partial charge in [-0.25, -0.2) is 8.42 Å². The van der Waals surface area contributed by atoms with Crippen LogP contribution in [0, 0.1) is 5.92 Å². The zero-order valence-corrected chi connectivity index (χ0v) is 14.0. The molecule has 23 heavy (non-hydrogen) atoms. The van der Waals surface area contributed by atoms with Crippen LogP contribution in [0.15, 0.2) is 35.2 Å². The number of benzene rings is 1. The number of hydrogen-bond acceptors (Lipinski definition) is 4. The molecule has 1 aromatic carbocycles. The third kappa shape index (κ3) is 3.05. The SMILES string of the molecule is O=S(=O)(c1ccccc1)N1CCO[C@H]2[C@@H](OCC3CC3)CC[C@@H]21. The van der Waals surface area contributed by atoms with Gasteiger partial charge in [0.05, 0.1) is 23.6 Å². The van der Waals surface area contributed by atoms with Crippen molar-refractivity contribution in [2.45, 2.75) is 48.8 Å². The molecule has 3 fully saturated rings. The minimum atomic E-state index is -3.46. The molecule has 1 saturated heterocycles. The smallest absolute Gasteiger partial charge is 0.243 e. The number of hydrogen-bond donors (Lipinski definition) is 0. The van der Waals surface area contributed by atoms with Gasteiger partial charge < -0.3 is 9.47 Å². The zero-order chi connectivity index (χ0) is 15.9. The van der Waals surface area contributed by atoms with Crippen LogP contribution in [-0.2, 0) is 19.5 Å². The lowest BCUT2D eigenvalue weighted by Crippen LogP contribution is -2.53. The van der Waals surface area contributed by atoms with Gasteiger partial charge in [-0.3, -0.25) is 0 Å². The Morgan fingerprint density at radius 3 is 2.65 bits per heavy atom. The molecule has 0 bridgehead atoms. The van der Waals surface area contributed by atoms with Crippen LogP contribution in [0.1, 0.15) is 25.7 Å². The van der Waals surface area contributed by atoms with Crippen molar-refractivity contribution in [3.8, 4) is 0 Å². The maximum absolute atomic E-state index is 12.9. The Morgan fingerprint density at radius 2 is 1.91 bits per heavy atom. The molecule has 1 aliphatic heterocycles. The number of ether oxygens (including phenoxy) is 2. The molecule has 5 nitrogen and oxygen atoms in total. The van der Waals surface area contributed by atoms with E-state index in [1.807, 2.05) is 6.07 Å². The first-order valence-electron chi connectivity index (χ1n) is 8.46. The van der Waals surface area contributed by atoms with E-state index in [2.05, 4.69) is 0 Å². The fraction of sp³-hybridized carbons (Fsp3) is 0.647. The molecule has 2 aliphatic carbocycles. The molecule has 0 aromatic heterocycles. The molecule has 4 rings (SSSR count). The van der Waals surface area contributed by atoms with Gasteiger partial charge in [-0.1, -0.05) is 18.2 Å². The normalized spacial score (nSPS) is 31.9. The van der Waals surface area contributed by atoms with E-state index in [1.54, 1.807) is 28.6 Å². The van der Waals surface area contributed by atoms with Crippen molar-refractivity contribution in [2.24, 2.45) is 5.92 Å². The summed E-state index contributed by atoms with van der Waals surface area (Å²) in [6, 6.07) is 8.59. The van der Waals surface area contributed by atoms with Gasteiger partial charge in [0.15, 0.2) is 0 Å². The van der Waals surface area contributed by atoms with E-state index in [-0.39, 0.29) is 18.2 Å². The molecule has 1 aromatic rings. The molecule has 0 spiro atoms. The lowest BCUT2D eigenvalue weighted by Gasteiger charge is -2.38. The second kappa shape index (κ2) is 6.16. The van der Waals surface area contributed by atoms with Crippen LogP contribution in [-0.4, -0.2) is 50.7 Å². The largest absolute Gasteiger partial charge is 0.375 e. The minimum absolute atomic E-state index is 0.0365. The average molecular weight is 337 g/mol. The second-order valence-electron chi connectivity index (χ2n) is 6.72. The van der Waals surface area contributed by atoms with Crippen molar-refractivity contribution in [2.75, 3.05) is 19.8 Å². The zero-order valence-electron chi connectivity index (χ0n) is 13.1. The molecular formula is C17H23NO4S. The van der Waals surface area contributed by atoms with Gasteiger partial charge in [-0.05, 0) is 43.7 Å². The van der Waals surface area contributed by atoms with Crippen molar-refractivity contribution >= 4 is 10.0 Å². The molecule has 3 atom stereocenters. The molecule has 1 heterocycles. The molecule has 0 N–H and O–H groups in total. The van der Waals surface area contributed by atoms with Crippen LogP contribution < -0.4 is 0 Å². The van der Waals surface area contributed by atoms with E-state index >= 15 is 0 Å². The monoisotopic (exact) mass is 337 g/mol. The Labute approximate surface area is 137 Å². The van der Waals surface area contributed by atoms with Crippen LogP contribution in [0.3, 0.4) is 0 Å². The second-order valence-corrected chi connectivity index (χ2v) is 8.61. The molecular weight excluding hydrogens is 314 g/mol. The lowest BCUT2D eigenvalue weighted by atomic mass is 10.1. The summed E-state index contributed by atoms with van der Waals surface area (Å²) < 4.78 is 39.4. The fourth-order valence-corrected chi connectivity index (χ4v) is 5.30. The van der Waals surface area contributed by atoms with Crippen LogP contribution >= 0.6 is 0 Å². The van der Waals surface area contributed by atoms with Crippen molar-refractivity contribution in [3.63, 3.8) is 0 Å². The van der Waals surface area contributed by atoms with Gasteiger partial charge in [0.1, 0.15) is 6.10 Å². The van der Waals surface area contributed by atoms with Crippen LogP contribution in [0.2, 0.25) is 0 Å². The third-order valence-electron chi connectivity index (χ3n) is 5.08. The van der Waals surface area contributed by atoms with Crippen molar-refractivity contribution in [3.05, 3.63) is 30.3 Å². The number of fused-ring (bicyclic) bond motifs is 1. The van der Waals surface area contributed by atoms with E-state index < -0.39 is 10.0 Å². The van der Waals surface area contributed by atoms with E-state index in [0.717, 1.165) is 19.4 Å². The van der Waals surface area contributed by atoms with Crippen LogP contribution in [0.25, 0.3) is 0 Å². The molecule has 0 unspecified atom stereocenters. The minimum Gasteiger partial charge on any atom is -0.375 e. The number of morpholine rings is 1. The summed E-state index contributed by atoms with van der Waals surface area (Å²) >= 11 is 0. The lowest BCUT2D eigenvalue weighted by molar-refractivity contribution is -0.0977. The highest BCUT2D eigenvalue weighted by atomic mass is 32.2. The highest BCUT2D eigenvalue weighted by Gasteiger charge is 2.47. The number of sulfonamides is 1. The molecule has 0 amide bonds. The molecule has 6 heteroatoms. The van der Waals surface area contributed by atoms with E-state index in [4.69, 9.17) is 9.47 Å². The Morgan fingerprint density at radius 1 is 1.13 bits per heavy atom. The molecule has 2 saturated carbocycles. The van der Waals surface area contributed by atoms with Crippen molar-refractivity contribution < 1.29 is 17.9 Å². The fourth-order valence-electron chi connectivity index (χ4n) is 3.63. The van der Waals surface area contributed by atoms with Crippen molar-refractivity contribution in [1.29, 1.82) is 0 Å². The summed E-state index contributed by atoms with van der Waals surface area (Å²) in [5.74, 6) is 0.710. The van der Waals surface area contributed by atoms with E-state index in [9.17, 15) is 8.42 Å². The summed E-state index contributed by atoms with van der Waals surface area (Å²) in [7, 11) is -3.46. The molecule has 126 valence electrons. The van der Waals surface area contributed by atoms with Gasteiger partial charge >= 0.3 is 0 Å². The summed E-state index contributed by atoms with van der Waals surface area (Å²) in [4.78, 5) is 0.364.